The van der Waals surface area contributed by atoms with Crippen molar-refractivity contribution in [1.29, 1.82) is 0 Å². The minimum Gasteiger partial charge on any atom is -0.478 e. The highest BCUT2D eigenvalue weighted by Gasteiger charge is 2.47. The van der Waals surface area contributed by atoms with Crippen molar-refractivity contribution in [3.05, 3.63) is 30.7 Å². The first-order valence-corrected chi connectivity index (χ1v) is 5.20. The third-order valence-electron chi connectivity index (χ3n) is 2.88. The van der Waals surface area contributed by atoms with Crippen LogP contribution in [0.4, 0.5) is 0 Å². The summed E-state index contributed by atoms with van der Waals surface area (Å²) in [7, 11) is 0. The highest BCUT2D eigenvalue weighted by Crippen LogP contribution is 2.31. The summed E-state index contributed by atoms with van der Waals surface area (Å²) in [5.74, 6) is -1.07. The van der Waals surface area contributed by atoms with Gasteiger partial charge in [-0.1, -0.05) is 0 Å². The zero-order valence-corrected chi connectivity index (χ0v) is 8.87. The van der Waals surface area contributed by atoms with Crippen LogP contribution in [0.1, 0.15) is 6.42 Å². The molecule has 0 amide bonds. The predicted molar refractivity (Wildman–Crippen MR) is 57.0 cm³/mol. The Morgan fingerprint density at radius 2 is 2.41 bits per heavy atom. The molecule has 1 atom stereocenters. The molecule has 2 aromatic heterocycles. The monoisotopic (exact) mass is 234 g/mol. The maximum absolute atomic E-state index is 11.4. The van der Waals surface area contributed by atoms with E-state index in [2.05, 4.69) is 4.98 Å². The van der Waals surface area contributed by atoms with E-state index in [0.29, 0.717) is 0 Å². The van der Waals surface area contributed by atoms with Gasteiger partial charge in [0.05, 0.1) is 12.1 Å². The topological polar surface area (TPSA) is 73.6 Å². The fourth-order valence-electron chi connectivity index (χ4n) is 1.96. The number of fused-ring (bicyclic) bond motifs is 1. The molecule has 2 aromatic rings. The number of nitrogens with zero attached hydrogens (tertiary/aromatic N) is 2. The molecule has 6 heteroatoms. The zero-order chi connectivity index (χ0) is 11.9. The lowest BCUT2D eigenvalue weighted by Crippen LogP contribution is -2.40. The Balaban J connectivity index is 2.15. The van der Waals surface area contributed by atoms with Crippen LogP contribution in [-0.2, 0) is 20.3 Å². The Morgan fingerprint density at radius 3 is 3.06 bits per heavy atom. The SMILES string of the molecule is O=C(O)C1(n2cc3cccnc3c2)CCOO1. The average molecular weight is 234 g/mol. The standard InChI is InChI=1S/C11H10N2O4/c14-10(15)11(3-5-16-17-11)13-6-8-2-1-4-12-9(8)7-13/h1-2,4,6-7H,3,5H2,(H,14,15). The van der Waals surface area contributed by atoms with Gasteiger partial charge in [-0.15, -0.1) is 0 Å². The van der Waals surface area contributed by atoms with Crippen LogP contribution >= 0.6 is 0 Å². The fourth-order valence-corrected chi connectivity index (χ4v) is 1.96. The Hall–Kier alpha value is -1.92. The molecule has 0 aliphatic carbocycles. The van der Waals surface area contributed by atoms with Gasteiger partial charge in [0.1, 0.15) is 0 Å². The maximum Gasteiger partial charge on any atom is 0.361 e. The molecule has 1 aliphatic heterocycles. The Bertz CT molecular complexity index is 539. The second kappa shape index (κ2) is 3.54. The van der Waals surface area contributed by atoms with E-state index < -0.39 is 11.7 Å². The average Bonchev–Trinajstić information content (AvgIpc) is 2.96. The second-order valence-electron chi connectivity index (χ2n) is 3.89. The van der Waals surface area contributed by atoms with Crippen LogP contribution in [0, 0.1) is 0 Å². The molecule has 17 heavy (non-hydrogen) atoms. The highest BCUT2D eigenvalue weighted by atomic mass is 17.2. The van der Waals surface area contributed by atoms with Gasteiger partial charge in [0.25, 0.3) is 5.72 Å². The smallest absolute Gasteiger partial charge is 0.361 e. The molecular weight excluding hydrogens is 224 g/mol. The minimum atomic E-state index is -1.47. The van der Waals surface area contributed by atoms with Crippen molar-refractivity contribution in [1.82, 2.24) is 9.55 Å². The highest BCUT2D eigenvalue weighted by molar-refractivity contribution is 5.81. The van der Waals surface area contributed by atoms with Gasteiger partial charge in [-0.05, 0) is 12.1 Å². The summed E-state index contributed by atoms with van der Waals surface area (Å²) in [5.41, 5.74) is -0.746. The predicted octanol–water partition coefficient (Wildman–Crippen LogP) is 1.13. The van der Waals surface area contributed by atoms with Gasteiger partial charge in [0.15, 0.2) is 0 Å². The van der Waals surface area contributed by atoms with Crippen LogP contribution in [0.3, 0.4) is 0 Å². The number of carboxylic acid groups (broad SMARTS) is 1. The molecule has 0 radical (unpaired) electrons. The Morgan fingerprint density at radius 1 is 1.53 bits per heavy atom. The van der Waals surface area contributed by atoms with Gasteiger partial charge < -0.3 is 9.67 Å². The van der Waals surface area contributed by atoms with Crippen LogP contribution in [0.2, 0.25) is 0 Å². The third kappa shape index (κ3) is 1.42. The van der Waals surface area contributed by atoms with Crippen LogP contribution in [0.25, 0.3) is 10.9 Å². The molecule has 88 valence electrons. The lowest BCUT2D eigenvalue weighted by molar-refractivity contribution is -0.327. The quantitative estimate of drug-likeness (QED) is 0.788. The largest absolute Gasteiger partial charge is 0.478 e. The molecule has 1 N–H and O–H groups in total. The zero-order valence-electron chi connectivity index (χ0n) is 8.87. The number of hydrogen-bond donors (Lipinski definition) is 1. The molecule has 0 spiro atoms. The molecule has 0 aromatic carbocycles. The summed E-state index contributed by atoms with van der Waals surface area (Å²) in [6, 6.07) is 3.66. The van der Waals surface area contributed by atoms with Gasteiger partial charge in [-0.2, -0.15) is 4.89 Å². The van der Waals surface area contributed by atoms with Crippen LogP contribution in [0.5, 0.6) is 0 Å². The lowest BCUT2D eigenvalue weighted by Gasteiger charge is -2.21. The second-order valence-corrected chi connectivity index (χ2v) is 3.89. The van der Waals surface area contributed by atoms with E-state index in [-0.39, 0.29) is 13.0 Å². The van der Waals surface area contributed by atoms with Crippen molar-refractivity contribution < 1.29 is 19.7 Å². The van der Waals surface area contributed by atoms with E-state index in [9.17, 15) is 9.90 Å². The summed E-state index contributed by atoms with van der Waals surface area (Å²) >= 11 is 0. The first kappa shape index (κ1) is 10.2. The van der Waals surface area contributed by atoms with Crippen molar-refractivity contribution in [2.75, 3.05) is 6.61 Å². The van der Waals surface area contributed by atoms with Gasteiger partial charge >= 0.3 is 5.97 Å². The first-order valence-electron chi connectivity index (χ1n) is 5.20. The molecular formula is C11H10N2O4. The van der Waals surface area contributed by atoms with Gasteiger partial charge in [-0.25, -0.2) is 9.68 Å². The van der Waals surface area contributed by atoms with Crippen molar-refractivity contribution in [2.45, 2.75) is 12.1 Å². The normalized spacial score (nSPS) is 24.2. The number of aliphatic carboxylic acids is 1. The summed E-state index contributed by atoms with van der Waals surface area (Å²) < 4.78 is 1.50. The maximum atomic E-state index is 11.4. The Labute approximate surface area is 96.3 Å². The van der Waals surface area contributed by atoms with E-state index in [1.165, 1.54) is 4.57 Å². The fraction of sp³-hybridized carbons (Fsp3) is 0.273. The van der Waals surface area contributed by atoms with E-state index in [0.717, 1.165) is 10.9 Å². The summed E-state index contributed by atoms with van der Waals surface area (Å²) in [6.07, 6.45) is 5.28. The van der Waals surface area contributed by atoms with Crippen molar-refractivity contribution >= 4 is 16.9 Å². The number of rotatable bonds is 2. The molecule has 0 saturated carbocycles. The van der Waals surface area contributed by atoms with Gasteiger partial charge in [0, 0.05) is 30.4 Å². The van der Waals surface area contributed by atoms with Crippen LogP contribution < -0.4 is 0 Å². The number of carboxylic acids is 1. The van der Waals surface area contributed by atoms with E-state index >= 15 is 0 Å². The summed E-state index contributed by atoms with van der Waals surface area (Å²) in [6.45, 7) is 0.258. The first-order chi connectivity index (χ1) is 8.22. The Kier molecular flexibility index (Phi) is 2.13. The van der Waals surface area contributed by atoms with Crippen molar-refractivity contribution in [3.8, 4) is 0 Å². The molecule has 6 nitrogen and oxygen atoms in total. The number of pyridine rings is 1. The lowest BCUT2D eigenvalue weighted by atomic mass is 10.1. The minimum absolute atomic E-state index is 0.258. The number of carbonyl (C=O) groups is 1. The molecule has 3 heterocycles. The molecule has 0 bridgehead atoms. The van der Waals surface area contributed by atoms with Crippen LogP contribution in [0.15, 0.2) is 30.7 Å². The van der Waals surface area contributed by atoms with E-state index in [1.807, 2.05) is 6.07 Å². The van der Waals surface area contributed by atoms with E-state index in [1.54, 1.807) is 24.7 Å². The third-order valence-corrected chi connectivity index (χ3v) is 2.88. The molecule has 1 saturated heterocycles. The summed E-state index contributed by atoms with van der Waals surface area (Å²) in [4.78, 5) is 25.2. The molecule has 1 aliphatic rings. The van der Waals surface area contributed by atoms with Gasteiger partial charge in [-0.3, -0.25) is 4.98 Å². The number of aromatic nitrogens is 2. The summed E-state index contributed by atoms with van der Waals surface area (Å²) in [5, 5.41) is 10.2. The molecule has 1 unspecified atom stereocenters. The molecule has 3 rings (SSSR count). The van der Waals surface area contributed by atoms with Crippen molar-refractivity contribution in [3.63, 3.8) is 0 Å². The van der Waals surface area contributed by atoms with Crippen LogP contribution in [-0.4, -0.2) is 27.2 Å². The van der Waals surface area contributed by atoms with E-state index in [4.69, 9.17) is 9.78 Å². The van der Waals surface area contributed by atoms with Crippen molar-refractivity contribution in [2.24, 2.45) is 0 Å². The van der Waals surface area contributed by atoms with Gasteiger partial charge in [0.2, 0.25) is 0 Å². The number of hydrogen-bond acceptors (Lipinski definition) is 4. The molecule has 1 fully saturated rings.